The Kier molecular flexibility index (Phi) is 8.65. The van der Waals surface area contributed by atoms with Gasteiger partial charge in [-0.05, 0) is 43.4 Å². The lowest BCUT2D eigenvalue weighted by Gasteiger charge is -2.29. The fourth-order valence-electron chi connectivity index (χ4n) is 3.52. The topological polar surface area (TPSA) is 58.6 Å². The van der Waals surface area contributed by atoms with E-state index in [9.17, 15) is 9.59 Å². The van der Waals surface area contributed by atoms with Crippen LogP contribution < -0.4 is 5.32 Å². The minimum atomic E-state index is -0.540. The molecule has 3 atom stereocenters. The Bertz CT molecular complexity index is 488. The predicted octanol–water partition coefficient (Wildman–Crippen LogP) is 4.38. The normalized spacial score (nSPS) is 21.6. The van der Waals surface area contributed by atoms with Gasteiger partial charge in [0.2, 0.25) is 5.91 Å². The molecule has 0 radical (unpaired) electrons. The first-order chi connectivity index (χ1) is 12.1. The predicted molar refractivity (Wildman–Crippen MR) is 106 cm³/mol. The summed E-state index contributed by atoms with van der Waals surface area (Å²) in [6.07, 6.45) is 5.12. The molecule has 1 N–H and O–H groups in total. The third kappa shape index (κ3) is 6.65. The second-order valence-corrected chi connectivity index (χ2v) is 8.76. The first kappa shape index (κ1) is 22.5. The monoisotopic (exact) mass is 366 g/mol. The summed E-state index contributed by atoms with van der Waals surface area (Å²) in [7, 11) is 0. The summed E-state index contributed by atoms with van der Waals surface area (Å²) in [5.74, 6) is 0.577. The van der Waals surface area contributed by atoms with Crippen molar-refractivity contribution < 1.29 is 14.3 Å². The number of rotatable bonds is 9. The third-order valence-electron chi connectivity index (χ3n) is 5.44. The number of hydrogen-bond acceptors (Lipinski definition) is 3. The quantitative estimate of drug-likeness (QED) is 0.616. The highest BCUT2D eigenvalue weighted by Gasteiger charge is 2.36. The molecule has 26 heavy (non-hydrogen) atoms. The number of carbonyl (C=O) groups excluding carboxylic acids is 2. The average molecular weight is 367 g/mol. The van der Waals surface area contributed by atoms with Crippen molar-refractivity contribution in [1.29, 1.82) is 0 Å². The standard InChI is InChI=1S/C21H38N2O3/c1-8-10-21(6,7)11-12-26-20(25)22-18(15(3)4)19(24)23-14-17(9-2)13-16(23)5/h8,15-18H,1,9-14H2,2-7H3,(H,22,25). The molecule has 0 spiro atoms. The lowest BCUT2D eigenvalue weighted by molar-refractivity contribution is -0.135. The van der Waals surface area contributed by atoms with E-state index in [1.807, 2.05) is 24.8 Å². The van der Waals surface area contributed by atoms with E-state index in [2.05, 4.69) is 39.6 Å². The average Bonchev–Trinajstić information content (AvgIpc) is 2.92. The van der Waals surface area contributed by atoms with E-state index < -0.39 is 12.1 Å². The SMILES string of the molecule is C=CCC(C)(C)CCOC(=O)NC(C(=O)N1CC(CC)CC1C)C(C)C. The van der Waals surface area contributed by atoms with Gasteiger partial charge in [0.1, 0.15) is 6.04 Å². The van der Waals surface area contributed by atoms with Crippen LogP contribution in [0.15, 0.2) is 12.7 Å². The number of hydrogen-bond donors (Lipinski definition) is 1. The zero-order valence-corrected chi connectivity index (χ0v) is 17.5. The molecular formula is C21H38N2O3. The van der Waals surface area contributed by atoms with Crippen molar-refractivity contribution in [3.05, 3.63) is 12.7 Å². The summed E-state index contributed by atoms with van der Waals surface area (Å²) in [4.78, 5) is 27.1. The zero-order valence-electron chi connectivity index (χ0n) is 17.5. The van der Waals surface area contributed by atoms with Gasteiger partial charge in [0.15, 0.2) is 0 Å². The lowest BCUT2D eigenvalue weighted by Crippen LogP contribution is -2.52. The number of nitrogens with one attached hydrogen (secondary N) is 1. The van der Waals surface area contributed by atoms with Crippen molar-refractivity contribution >= 4 is 12.0 Å². The minimum Gasteiger partial charge on any atom is -0.450 e. The van der Waals surface area contributed by atoms with E-state index in [0.717, 1.165) is 32.2 Å². The Balaban J connectivity index is 2.58. The smallest absolute Gasteiger partial charge is 0.407 e. The van der Waals surface area contributed by atoms with E-state index in [1.165, 1.54) is 0 Å². The molecule has 150 valence electrons. The van der Waals surface area contributed by atoms with Gasteiger partial charge in [-0.2, -0.15) is 0 Å². The molecule has 0 aromatic carbocycles. The number of amides is 2. The second kappa shape index (κ2) is 9.98. The molecular weight excluding hydrogens is 328 g/mol. The third-order valence-corrected chi connectivity index (χ3v) is 5.44. The summed E-state index contributed by atoms with van der Waals surface area (Å²) in [6, 6.07) is -0.312. The van der Waals surface area contributed by atoms with Crippen molar-refractivity contribution in [3.63, 3.8) is 0 Å². The molecule has 1 heterocycles. The summed E-state index contributed by atoms with van der Waals surface area (Å²) in [5, 5.41) is 2.79. The number of alkyl carbamates (subject to hydrolysis) is 1. The Hall–Kier alpha value is -1.52. The number of ether oxygens (including phenoxy) is 1. The molecule has 0 aromatic rings. The van der Waals surface area contributed by atoms with E-state index >= 15 is 0 Å². The highest BCUT2D eigenvalue weighted by molar-refractivity contribution is 5.86. The molecule has 1 aliphatic rings. The fourth-order valence-corrected chi connectivity index (χ4v) is 3.52. The van der Waals surface area contributed by atoms with Gasteiger partial charge in [-0.1, -0.05) is 47.1 Å². The Morgan fingerprint density at radius 2 is 2.04 bits per heavy atom. The van der Waals surface area contributed by atoms with E-state index in [4.69, 9.17) is 4.74 Å². The first-order valence-corrected chi connectivity index (χ1v) is 9.96. The van der Waals surface area contributed by atoms with Crippen LogP contribution >= 0.6 is 0 Å². The first-order valence-electron chi connectivity index (χ1n) is 9.96. The van der Waals surface area contributed by atoms with Crippen molar-refractivity contribution in [3.8, 4) is 0 Å². The van der Waals surface area contributed by atoms with Gasteiger partial charge in [-0.25, -0.2) is 4.79 Å². The Morgan fingerprint density at radius 3 is 2.54 bits per heavy atom. The van der Waals surface area contributed by atoms with E-state index in [0.29, 0.717) is 12.5 Å². The summed E-state index contributed by atoms with van der Waals surface area (Å²) in [6.45, 7) is 17.3. The highest BCUT2D eigenvalue weighted by Crippen LogP contribution is 2.27. The highest BCUT2D eigenvalue weighted by atomic mass is 16.5. The number of nitrogens with zero attached hydrogens (tertiary/aromatic N) is 1. The van der Waals surface area contributed by atoms with E-state index in [-0.39, 0.29) is 23.3 Å². The van der Waals surface area contributed by atoms with Gasteiger partial charge in [-0.15, -0.1) is 6.58 Å². The van der Waals surface area contributed by atoms with Gasteiger partial charge in [-0.3, -0.25) is 4.79 Å². The molecule has 1 saturated heterocycles. The molecule has 0 aromatic heterocycles. The maximum atomic E-state index is 13.0. The van der Waals surface area contributed by atoms with Crippen LogP contribution in [0.3, 0.4) is 0 Å². The van der Waals surface area contributed by atoms with Crippen LogP contribution in [0, 0.1) is 17.3 Å². The fraction of sp³-hybridized carbons (Fsp3) is 0.810. The van der Waals surface area contributed by atoms with E-state index in [1.54, 1.807) is 0 Å². The van der Waals surface area contributed by atoms with Crippen LogP contribution in [0.1, 0.15) is 67.2 Å². The number of likely N-dealkylation sites (tertiary alicyclic amines) is 1. The Morgan fingerprint density at radius 1 is 1.38 bits per heavy atom. The largest absolute Gasteiger partial charge is 0.450 e. The van der Waals surface area contributed by atoms with Gasteiger partial charge < -0.3 is 15.0 Å². The second-order valence-electron chi connectivity index (χ2n) is 8.76. The van der Waals surface area contributed by atoms with Gasteiger partial charge in [0.05, 0.1) is 6.61 Å². The molecule has 3 unspecified atom stereocenters. The van der Waals surface area contributed by atoms with Crippen molar-refractivity contribution in [2.24, 2.45) is 17.3 Å². The molecule has 5 nitrogen and oxygen atoms in total. The van der Waals surface area contributed by atoms with Gasteiger partial charge in [0, 0.05) is 12.6 Å². The Labute approximate surface area is 159 Å². The van der Waals surface area contributed by atoms with Crippen LogP contribution in [0.4, 0.5) is 4.79 Å². The molecule has 1 rings (SSSR count). The molecule has 1 aliphatic heterocycles. The molecule has 1 fully saturated rings. The maximum absolute atomic E-state index is 13.0. The van der Waals surface area contributed by atoms with Crippen LogP contribution in [0.2, 0.25) is 0 Å². The maximum Gasteiger partial charge on any atom is 0.407 e. The van der Waals surface area contributed by atoms with Crippen LogP contribution in [-0.2, 0) is 9.53 Å². The van der Waals surface area contributed by atoms with Crippen molar-refractivity contribution in [2.45, 2.75) is 79.3 Å². The summed E-state index contributed by atoms with van der Waals surface area (Å²) >= 11 is 0. The van der Waals surface area contributed by atoms with Gasteiger partial charge >= 0.3 is 6.09 Å². The zero-order chi connectivity index (χ0) is 19.9. The summed E-state index contributed by atoms with van der Waals surface area (Å²) < 4.78 is 5.33. The lowest BCUT2D eigenvalue weighted by atomic mass is 9.86. The molecule has 2 amide bonds. The molecule has 0 aliphatic carbocycles. The van der Waals surface area contributed by atoms with Crippen LogP contribution in [0.25, 0.3) is 0 Å². The minimum absolute atomic E-state index is 0.00684. The number of carbonyl (C=O) groups is 2. The van der Waals surface area contributed by atoms with Crippen LogP contribution in [0.5, 0.6) is 0 Å². The molecule has 0 bridgehead atoms. The van der Waals surface area contributed by atoms with Crippen molar-refractivity contribution in [2.75, 3.05) is 13.2 Å². The van der Waals surface area contributed by atoms with Gasteiger partial charge in [0.25, 0.3) is 0 Å². The number of allylic oxidation sites excluding steroid dienone is 1. The van der Waals surface area contributed by atoms with Crippen molar-refractivity contribution in [1.82, 2.24) is 10.2 Å². The summed E-state index contributed by atoms with van der Waals surface area (Å²) in [5.41, 5.74) is 0.0510. The van der Waals surface area contributed by atoms with Crippen LogP contribution in [-0.4, -0.2) is 42.1 Å². The molecule has 0 saturated carbocycles. The molecule has 5 heteroatoms.